The van der Waals surface area contributed by atoms with Crippen LogP contribution in [0.15, 0.2) is 48.5 Å². The van der Waals surface area contributed by atoms with Gasteiger partial charge in [-0.25, -0.2) is 4.39 Å². The Labute approximate surface area is 164 Å². The molecule has 2 heterocycles. The average Bonchev–Trinajstić information content (AvgIpc) is 3.10. The fraction of sp³-hybridized carbons (Fsp3) is 0.364. The van der Waals surface area contributed by atoms with E-state index in [1.54, 1.807) is 17.0 Å². The minimum atomic E-state index is -0.360. The second kappa shape index (κ2) is 7.02. The Hall–Kier alpha value is -2.73. The monoisotopic (exact) mass is 381 g/mol. The molecule has 2 saturated heterocycles. The first-order chi connectivity index (χ1) is 13.4. The van der Waals surface area contributed by atoms with Gasteiger partial charge in [0, 0.05) is 30.9 Å². The van der Waals surface area contributed by atoms with Crippen LogP contribution in [-0.2, 0) is 4.79 Å². The molecule has 2 aromatic carbocycles. The Morgan fingerprint density at radius 3 is 2.57 bits per heavy atom. The van der Waals surface area contributed by atoms with Gasteiger partial charge in [0.25, 0.3) is 5.91 Å². The summed E-state index contributed by atoms with van der Waals surface area (Å²) in [4.78, 5) is 31.1. The topological polar surface area (TPSA) is 43.9 Å². The van der Waals surface area contributed by atoms with Crippen molar-refractivity contribution >= 4 is 17.5 Å². The molecule has 4 rings (SSSR count). The predicted molar refractivity (Wildman–Crippen MR) is 106 cm³/mol. The number of aryl methyl sites for hydroxylation is 1. The third-order valence-electron chi connectivity index (χ3n) is 5.97. The Morgan fingerprint density at radius 1 is 1.11 bits per heavy atom. The molecule has 0 N–H and O–H groups in total. The van der Waals surface area contributed by atoms with Crippen molar-refractivity contribution in [3.63, 3.8) is 0 Å². The van der Waals surface area contributed by atoms with Crippen LogP contribution in [0, 0.1) is 12.7 Å². The van der Waals surface area contributed by atoms with Gasteiger partial charge in [-0.2, -0.15) is 0 Å². The van der Waals surface area contributed by atoms with Crippen LogP contribution < -0.4 is 4.90 Å². The second-order valence-electron chi connectivity index (χ2n) is 7.88. The number of nitrogens with zero attached hydrogens (tertiary/aromatic N) is 3. The minimum absolute atomic E-state index is 0.0134. The number of hydrogen-bond donors (Lipinski definition) is 0. The molecule has 0 unspecified atom stereocenters. The number of carbonyl (C=O) groups excluding carboxylic acids is 2. The van der Waals surface area contributed by atoms with Crippen molar-refractivity contribution in [2.24, 2.45) is 0 Å². The molecule has 2 aromatic rings. The molecule has 146 valence electrons. The quantitative estimate of drug-likeness (QED) is 0.803. The highest BCUT2D eigenvalue weighted by molar-refractivity contribution is 5.97. The molecule has 5 nitrogen and oxygen atoms in total. The summed E-state index contributed by atoms with van der Waals surface area (Å²) < 4.78 is 13.7. The lowest BCUT2D eigenvalue weighted by molar-refractivity contribution is -0.123. The molecule has 2 aliphatic heterocycles. The van der Waals surface area contributed by atoms with Crippen molar-refractivity contribution in [3.8, 4) is 0 Å². The van der Waals surface area contributed by atoms with E-state index in [1.165, 1.54) is 12.1 Å². The van der Waals surface area contributed by atoms with Crippen molar-refractivity contribution < 1.29 is 14.0 Å². The van der Waals surface area contributed by atoms with Gasteiger partial charge in [0.15, 0.2) is 0 Å². The Kier molecular flexibility index (Phi) is 4.67. The number of rotatable bonds is 2. The third-order valence-corrected chi connectivity index (χ3v) is 5.97. The first-order valence-corrected chi connectivity index (χ1v) is 9.51. The van der Waals surface area contributed by atoms with Crippen LogP contribution in [0.3, 0.4) is 0 Å². The molecule has 0 bridgehead atoms. The van der Waals surface area contributed by atoms with Crippen molar-refractivity contribution in [3.05, 3.63) is 65.5 Å². The number of amides is 2. The summed E-state index contributed by atoms with van der Waals surface area (Å²) in [6.07, 6.45) is 0.778. The number of likely N-dealkylation sites (tertiary alicyclic amines) is 1. The van der Waals surface area contributed by atoms with E-state index in [0.29, 0.717) is 30.9 Å². The normalized spacial score (nSPS) is 22.9. The summed E-state index contributed by atoms with van der Waals surface area (Å²) in [5, 5.41) is 0. The lowest BCUT2D eigenvalue weighted by Gasteiger charge is -2.46. The van der Waals surface area contributed by atoms with E-state index in [0.717, 1.165) is 12.0 Å². The Morgan fingerprint density at radius 2 is 1.86 bits per heavy atom. The van der Waals surface area contributed by atoms with Crippen LogP contribution in [0.2, 0.25) is 0 Å². The predicted octanol–water partition coefficient (Wildman–Crippen LogP) is 2.70. The van der Waals surface area contributed by atoms with Crippen LogP contribution in [0.4, 0.5) is 10.1 Å². The van der Waals surface area contributed by atoms with Crippen LogP contribution in [0.1, 0.15) is 22.3 Å². The fourth-order valence-electron chi connectivity index (χ4n) is 4.19. The van der Waals surface area contributed by atoms with E-state index in [4.69, 9.17) is 0 Å². The Bertz CT molecular complexity index is 914. The highest BCUT2D eigenvalue weighted by atomic mass is 19.1. The number of anilines is 1. The molecule has 2 fully saturated rings. The maximum absolute atomic E-state index is 13.7. The van der Waals surface area contributed by atoms with Gasteiger partial charge in [0.05, 0.1) is 12.1 Å². The molecule has 2 amide bonds. The summed E-state index contributed by atoms with van der Waals surface area (Å²) in [5.41, 5.74) is 2.05. The lowest BCUT2D eigenvalue weighted by Crippen LogP contribution is -2.64. The van der Waals surface area contributed by atoms with Crippen molar-refractivity contribution in [2.75, 3.05) is 38.1 Å². The smallest absolute Gasteiger partial charge is 0.253 e. The van der Waals surface area contributed by atoms with Gasteiger partial charge in [0.1, 0.15) is 5.82 Å². The standard InChI is InChI=1S/C22H24FN3O2/c1-16-6-8-17(9-7-16)21(28)25-11-10-22(14-25)15-26(20(27)13-24(22)2)19-5-3-4-18(23)12-19/h3-9,12H,10-11,13-15H2,1-2H3/t22-/m1/s1. The number of hydrogen-bond acceptors (Lipinski definition) is 3. The SMILES string of the molecule is Cc1ccc(C(=O)N2CC[C@@]3(C2)CN(c2cccc(F)c2)C(=O)CN3C)cc1. The van der Waals surface area contributed by atoms with Crippen LogP contribution >= 0.6 is 0 Å². The summed E-state index contributed by atoms with van der Waals surface area (Å²) in [5.74, 6) is -0.401. The third kappa shape index (κ3) is 3.29. The van der Waals surface area contributed by atoms with Gasteiger partial charge >= 0.3 is 0 Å². The maximum Gasteiger partial charge on any atom is 0.253 e. The largest absolute Gasteiger partial charge is 0.337 e. The molecule has 0 aliphatic carbocycles. The van der Waals surface area contributed by atoms with Crippen LogP contribution in [-0.4, -0.2) is 60.4 Å². The highest BCUT2D eigenvalue weighted by Gasteiger charge is 2.48. The van der Waals surface area contributed by atoms with Gasteiger partial charge in [-0.05, 0) is 50.7 Å². The first kappa shape index (κ1) is 18.6. The molecule has 6 heteroatoms. The molecule has 0 radical (unpaired) electrons. The number of carbonyl (C=O) groups is 2. The minimum Gasteiger partial charge on any atom is -0.337 e. The molecular weight excluding hydrogens is 357 g/mol. The van der Waals surface area contributed by atoms with E-state index < -0.39 is 0 Å². The molecule has 1 spiro atoms. The zero-order chi connectivity index (χ0) is 19.9. The van der Waals surface area contributed by atoms with E-state index >= 15 is 0 Å². The van der Waals surface area contributed by atoms with Crippen LogP contribution in [0.25, 0.3) is 0 Å². The highest BCUT2D eigenvalue weighted by Crippen LogP contribution is 2.34. The summed E-state index contributed by atoms with van der Waals surface area (Å²) in [6.45, 7) is 3.89. The van der Waals surface area contributed by atoms with Crippen molar-refractivity contribution in [2.45, 2.75) is 18.9 Å². The van der Waals surface area contributed by atoms with Gasteiger partial charge in [-0.1, -0.05) is 23.8 Å². The number of benzene rings is 2. The van der Waals surface area contributed by atoms with Gasteiger partial charge in [-0.15, -0.1) is 0 Å². The summed E-state index contributed by atoms with van der Waals surface area (Å²) in [6, 6.07) is 13.7. The summed E-state index contributed by atoms with van der Waals surface area (Å²) in [7, 11) is 1.93. The van der Waals surface area contributed by atoms with Crippen molar-refractivity contribution in [1.29, 1.82) is 0 Å². The average molecular weight is 381 g/mol. The van der Waals surface area contributed by atoms with Crippen LogP contribution in [0.5, 0.6) is 0 Å². The van der Waals surface area contributed by atoms with E-state index in [-0.39, 0.29) is 29.7 Å². The fourth-order valence-corrected chi connectivity index (χ4v) is 4.19. The molecule has 1 atom stereocenters. The van der Waals surface area contributed by atoms with Gasteiger partial charge in [0.2, 0.25) is 5.91 Å². The Balaban J connectivity index is 1.56. The summed E-state index contributed by atoms with van der Waals surface area (Å²) >= 11 is 0. The maximum atomic E-state index is 13.7. The zero-order valence-electron chi connectivity index (χ0n) is 16.2. The first-order valence-electron chi connectivity index (χ1n) is 9.51. The number of likely N-dealkylation sites (N-methyl/N-ethyl adjacent to an activating group) is 1. The molecule has 2 aliphatic rings. The second-order valence-corrected chi connectivity index (χ2v) is 7.88. The number of halogens is 1. The zero-order valence-corrected chi connectivity index (χ0v) is 16.2. The molecule has 0 saturated carbocycles. The van der Waals surface area contributed by atoms with E-state index in [1.807, 2.05) is 48.0 Å². The number of piperazine rings is 1. The van der Waals surface area contributed by atoms with Gasteiger partial charge in [-0.3, -0.25) is 14.5 Å². The van der Waals surface area contributed by atoms with Gasteiger partial charge < -0.3 is 9.80 Å². The van der Waals surface area contributed by atoms with E-state index in [9.17, 15) is 14.0 Å². The lowest BCUT2D eigenvalue weighted by atomic mass is 9.92. The molecule has 0 aromatic heterocycles. The van der Waals surface area contributed by atoms with E-state index in [2.05, 4.69) is 0 Å². The molecule has 28 heavy (non-hydrogen) atoms. The molecular formula is C22H24FN3O2. The van der Waals surface area contributed by atoms with Crippen molar-refractivity contribution in [1.82, 2.24) is 9.80 Å².